The molecule has 1 unspecified atom stereocenters. The summed E-state index contributed by atoms with van der Waals surface area (Å²) in [6.45, 7) is 4.41. The Bertz CT molecular complexity index is 902. The van der Waals surface area contributed by atoms with Crippen LogP contribution in [0, 0.1) is 0 Å². The van der Waals surface area contributed by atoms with Crippen LogP contribution in [0.5, 0.6) is 0 Å². The monoisotopic (exact) mass is 711 g/mol. The van der Waals surface area contributed by atoms with Gasteiger partial charge in [-0.15, -0.1) is 0 Å². The van der Waals surface area contributed by atoms with E-state index in [1.54, 1.807) is 0 Å². The zero-order chi connectivity index (χ0) is 35.7. The molecule has 286 valence electrons. The van der Waals surface area contributed by atoms with E-state index in [9.17, 15) is 14.2 Å². The van der Waals surface area contributed by atoms with E-state index in [1.165, 1.54) is 110 Å². The van der Waals surface area contributed by atoms with Crippen LogP contribution in [0.1, 0.15) is 194 Å². The van der Waals surface area contributed by atoms with Crippen LogP contribution in [0.3, 0.4) is 0 Å². The second-order valence-corrected chi connectivity index (χ2v) is 16.2. The highest BCUT2D eigenvalue weighted by Gasteiger charge is 2.43. The van der Waals surface area contributed by atoms with Crippen molar-refractivity contribution in [2.75, 3.05) is 19.9 Å². The predicted molar refractivity (Wildman–Crippen MR) is 204 cm³/mol. The van der Waals surface area contributed by atoms with E-state index in [0.717, 1.165) is 64.2 Å². The second kappa shape index (κ2) is 32.5. The van der Waals surface area contributed by atoms with Crippen LogP contribution in [0.25, 0.3) is 0 Å². The zero-order valence-electron chi connectivity index (χ0n) is 32.0. The van der Waals surface area contributed by atoms with Gasteiger partial charge in [0.05, 0.1) is 12.8 Å². The summed E-state index contributed by atoms with van der Waals surface area (Å²) in [4.78, 5) is 25.3. The molecule has 0 spiro atoms. The minimum atomic E-state index is -3.38. The van der Waals surface area contributed by atoms with Gasteiger partial charge >= 0.3 is 19.5 Å². The summed E-state index contributed by atoms with van der Waals surface area (Å²) in [6.07, 6.45) is 39.3. The lowest BCUT2D eigenvalue weighted by molar-refractivity contribution is -0.171. The van der Waals surface area contributed by atoms with Crippen molar-refractivity contribution < 1.29 is 32.7 Å². The molecule has 1 aliphatic rings. The molecular weight excluding hydrogens is 635 g/mol. The number of allylic oxidation sites excluding steroid dienone is 4. The van der Waals surface area contributed by atoms with E-state index in [0.29, 0.717) is 12.8 Å². The first kappa shape index (κ1) is 45.6. The SMILES string of the molecule is CCCCCCCC/C=C\CCCCCCCC(=O)O[C@H]1CP(=O)(OC)OC[C@H]1OC(=O)CCCCCCC/C=C\CCCCCCCC. The lowest BCUT2D eigenvalue weighted by Gasteiger charge is -2.34. The molecule has 0 bridgehead atoms. The number of hydrogen-bond donors (Lipinski definition) is 0. The fourth-order valence-electron chi connectivity index (χ4n) is 6.17. The van der Waals surface area contributed by atoms with Gasteiger partial charge in [0.2, 0.25) is 0 Å². The van der Waals surface area contributed by atoms with Gasteiger partial charge in [0.15, 0.2) is 12.2 Å². The highest BCUT2D eigenvalue weighted by atomic mass is 31.2. The fourth-order valence-corrected chi connectivity index (χ4v) is 7.66. The summed E-state index contributed by atoms with van der Waals surface area (Å²) in [5.41, 5.74) is 0. The first-order valence-corrected chi connectivity index (χ1v) is 22.1. The molecule has 0 aliphatic carbocycles. The zero-order valence-corrected chi connectivity index (χ0v) is 32.9. The molecule has 0 saturated carbocycles. The van der Waals surface area contributed by atoms with Crippen LogP contribution in [-0.4, -0.2) is 44.0 Å². The normalized spacial score (nSPS) is 19.6. The smallest absolute Gasteiger partial charge is 0.334 e. The number of carbonyl (C=O) groups is 2. The molecule has 7 nitrogen and oxygen atoms in total. The molecule has 0 aromatic carbocycles. The molecule has 1 fully saturated rings. The first-order valence-electron chi connectivity index (χ1n) is 20.4. The quantitative estimate of drug-likeness (QED) is 0.0290. The van der Waals surface area contributed by atoms with Gasteiger partial charge in [0, 0.05) is 20.0 Å². The third kappa shape index (κ3) is 27.0. The molecule has 49 heavy (non-hydrogen) atoms. The second-order valence-electron chi connectivity index (χ2n) is 14.0. The van der Waals surface area contributed by atoms with E-state index >= 15 is 0 Å². The first-order chi connectivity index (χ1) is 23.9. The van der Waals surface area contributed by atoms with Crippen molar-refractivity contribution in [3.63, 3.8) is 0 Å². The topological polar surface area (TPSA) is 88.1 Å². The molecule has 1 aliphatic heterocycles. The highest BCUT2D eigenvalue weighted by molar-refractivity contribution is 7.53. The van der Waals surface area contributed by atoms with Gasteiger partial charge in [0.25, 0.3) is 0 Å². The van der Waals surface area contributed by atoms with E-state index < -0.39 is 19.8 Å². The lowest BCUT2D eigenvalue weighted by Crippen LogP contribution is -2.44. The van der Waals surface area contributed by atoms with Crippen LogP contribution >= 0.6 is 7.60 Å². The van der Waals surface area contributed by atoms with Gasteiger partial charge in [-0.25, -0.2) is 0 Å². The molecule has 1 rings (SSSR count). The summed E-state index contributed by atoms with van der Waals surface area (Å²) in [5.74, 6) is -0.691. The summed E-state index contributed by atoms with van der Waals surface area (Å²) in [5, 5.41) is 0. The number of rotatable bonds is 33. The molecule has 0 aromatic heterocycles. The fraction of sp³-hybridized carbons (Fsp3) is 0.854. The average molecular weight is 711 g/mol. The molecule has 0 aromatic rings. The molecule has 3 atom stereocenters. The Balaban J connectivity index is 2.17. The lowest BCUT2D eigenvalue weighted by atomic mass is 10.1. The molecule has 1 heterocycles. The predicted octanol–water partition coefficient (Wildman–Crippen LogP) is 12.8. The van der Waals surface area contributed by atoms with Crippen molar-refractivity contribution in [3.05, 3.63) is 24.3 Å². The van der Waals surface area contributed by atoms with Crippen molar-refractivity contribution in [2.45, 2.75) is 206 Å². The van der Waals surface area contributed by atoms with Crippen LogP contribution < -0.4 is 0 Å². The molecule has 0 radical (unpaired) electrons. The Morgan fingerprint density at radius 3 is 1.29 bits per heavy atom. The Labute approximate surface area is 301 Å². The third-order valence-corrected chi connectivity index (χ3v) is 11.3. The maximum atomic E-state index is 12.8. The van der Waals surface area contributed by atoms with Gasteiger partial charge < -0.3 is 18.5 Å². The Hall–Kier alpha value is -1.43. The van der Waals surface area contributed by atoms with Crippen molar-refractivity contribution >= 4 is 19.5 Å². The Kier molecular flexibility index (Phi) is 30.2. The highest BCUT2D eigenvalue weighted by Crippen LogP contribution is 2.51. The largest absolute Gasteiger partial charge is 0.458 e. The molecular formula is C41H75O7P. The van der Waals surface area contributed by atoms with E-state index in [-0.39, 0.29) is 24.7 Å². The summed E-state index contributed by atoms with van der Waals surface area (Å²) in [6, 6.07) is 0. The number of ether oxygens (including phenoxy) is 2. The summed E-state index contributed by atoms with van der Waals surface area (Å²) >= 11 is 0. The summed E-state index contributed by atoms with van der Waals surface area (Å²) in [7, 11) is -2.06. The summed E-state index contributed by atoms with van der Waals surface area (Å²) < 4.78 is 34.6. The van der Waals surface area contributed by atoms with Crippen LogP contribution in [-0.2, 0) is 32.7 Å². The molecule has 8 heteroatoms. The van der Waals surface area contributed by atoms with Crippen molar-refractivity contribution in [1.82, 2.24) is 0 Å². The Morgan fingerprint density at radius 1 is 0.551 bits per heavy atom. The molecule has 1 saturated heterocycles. The maximum absolute atomic E-state index is 12.8. The number of carbonyl (C=O) groups excluding carboxylic acids is 2. The maximum Gasteiger partial charge on any atom is 0.334 e. The van der Waals surface area contributed by atoms with E-state index in [2.05, 4.69) is 38.2 Å². The van der Waals surface area contributed by atoms with Crippen molar-refractivity contribution in [2.24, 2.45) is 0 Å². The van der Waals surface area contributed by atoms with Crippen molar-refractivity contribution in [3.8, 4) is 0 Å². The third-order valence-electron chi connectivity index (χ3n) is 9.38. The van der Waals surface area contributed by atoms with Crippen LogP contribution in [0.4, 0.5) is 0 Å². The standard InChI is InChI=1S/C41H75O7P/c1-4-6-8-10-12-14-16-18-20-22-24-26-28-30-32-34-40(42)47-38-36-46-49(44,45-3)37-39(38)48-41(43)35-33-31-29-27-25-23-21-19-17-15-13-11-9-7-5-2/h18-21,38-39H,4-17,22-37H2,1-3H3/b20-18-,21-19-/t38-,39+,49?/m1/s1. The van der Waals surface area contributed by atoms with Gasteiger partial charge in [-0.3, -0.25) is 14.2 Å². The van der Waals surface area contributed by atoms with E-state index in [1.807, 2.05) is 0 Å². The molecule has 0 N–H and O–H groups in total. The minimum absolute atomic E-state index is 0.103. The van der Waals surface area contributed by atoms with Gasteiger partial charge in [-0.1, -0.05) is 141 Å². The Morgan fingerprint density at radius 2 is 0.898 bits per heavy atom. The number of esters is 2. The van der Waals surface area contributed by atoms with Crippen LogP contribution in [0.2, 0.25) is 0 Å². The van der Waals surface area contributed by atoms with Crippen molar-refractivity contribution in [1.29, 1.82) is 0 Å². The molecule has 0 amide bonds. The average Bonchev–Trinajstić information content (AvgIpc) is 3.09. The van der Waals surface area contributed by atoms with E-state index in [4.69, 9.17) is 18.5 Å². The van der Waals surface area contributed by atoms with Gasteiger partial charge in [-0.2, -0.15) is 0 Å². The minimum Gasteiger partial charge on any atom is -0.458 e. The van der Waals surface area contributed by atoms with Gasteiger partial charge in [-0.05, 0) is 64.2 Å². The number of unbranched alkanes of at least 4 members (excludes halogenated alkanes) is 22. The van der Waals surface area contributed by atoms with Gasteiger partial charge in [0.1, 0.15) is 0 Å². The van der Waals surface area contributed by atoms with Crippen LogP contribution in [0.15, 0.2) is 24.3 Å². The number of hydrogen-bond acceptors (Lipinski definition) is 7.